The quantitative estimate of drug-likeness (QED) is 0.371. The maximum atomic E-state index is 11.2. The summed E-state index contributed by atoms with van der Waals surface area (Å²) in [6, 6.07) is 0. The summed E-state index contributed by atoms with van der Waals surface area (Å²) in [6.07, 6.45) is -0.633. The summed E-state index contributed by atoms with van der Waals surface area (Å²) in [5.74, 6) is -1.21. The van der Waals surface area contributed by atoms with Gasteiger partial charge in [-0.15, -0.1) is 0 Å². The van der Waals surface area contributed by atoms with Gasteiger partial charge in [-0.25, -0.2) is 0 Å². The molecule has 0 bridgehead atoms. The first-order valence-electron chi connectivity index (χ1n) is 6.38. The Balaban J connectivity index is 2.73. The Morgan fingerprint density at radius 3 is 1.79 bits per heavy atom. The number of cyclic esters (lactones) is 2. The van der Waals surface area contributed by atoms with E-state index in [0.717, 1.165) is 0 Å². The molecular weight excluding hydrogens is 272 g/mol. The van der Waals surface area contributed by atoms with Crippen LogP contribution in [0, 0.1) is 0 Å². The van der Waals surface area contributed by atoms with Crippen LogP contribution in [0.15, 0.2) is 0 Å². The van der Waals surface area contributed by atoms with Crippen LogP contribution in [0.2, 0.25) is 0 Å². The zero-order chi connectivity index (χ0) is 14.3. The first-order chi connectivity index (χ1) is 9.05. The summed E-state index contributed by atoms with van der Waals surface area (Å²) in [5.41, 5.74) is 0. The molecule has 19 heavy (non-hydrogen) atoms. The zero-order valence-electron chi connectivity index (χ0n) is 11.5. The molecule has 1 heterocycles. The Morgan fingerprint density at radius 1 is 1.00 bits per heavy atom. The third-order valence-electron chi connectivity index (χ3n) is 2.29. The lowest BCUT2D eigenvalue weighted by Crippen LogP contribution is -2.53. The van der Waals surface area contributed by atoms with E-state index in [2.05, 4.69) is 4.74 Å². The van der Waals surface area contributed by atoms with Gasteiger partial charge >= 0.3 is 21.0 Å². The summed E-state index contributed by atoms with van der Waals surface area (Å²) < 4.78 is 26.6. The molecule has 0 amide bonds. The molecule has 0 aromatic carbocycles. The number of hydrogen-bond acceptors (Lipinski definition) is 7. The molecular formula is C11H20O7Si. The van der Waals surface area contributed by atoms with E-state index in [0.29, 0.717) is 19.8 Å². The molecule has 1 aliphatic rings. The van der Waals surface area contributed by atoms with E-state index in [4.69, 9.17) is 17.7 Å². The number of ether oxygens (including phenoxy) is 1. The van der Waals surface area contributed by atoms with Crippen LogP contribution in [-0.2, 0) is 32.0 Å². The lowest BCUT2D eigenvalue weighted by atomic mass is 10.1. The second kappa shape index (κ2) is 7.71. The summed E-state index contributed by atoms with van der Waals surface area (Å²) in [5, 5.41) is 0. The maximum Gasteiger partial charge on any atom is 0.679 e. The fourth-order valence-electron chi connectivity index (χ4n) is 1.70. The van der Waals surface area contributed by atoms with Gasteiger partial charge in [-0.3, -0.25) is 9.59 Å². The summed E-state index contributed by atoms with van der Waals surface area (Å²) >= 11 is 0. The maximum absolute atomic E-state index is 11.2. The number of esters is 2. The average molecular weight is 292 g/mol. The van der Waals surface area contributed by atoms with Crippen molar-refractivity contribution in [2.24, 2.45) is 0 Å². The minimum absolute atomic E-state index is 0.00624. The molecule has 1 saturated heterocycles. The van der Waals surface area contributed by atoms with Crippen LogP contribution in [0.25, 0.3) is 0 Å². The van der Waals surface area contributed by atoms with Crippen molar-refractivity contribution < 1.29 is 32.0 Å². The van der Waals surface area contributed by atoms with Crippen LogP contribution in [0.5, 0.6) is 0 Å². The number of carbonyl (C=O) groups is 2. The van der Waals surface area contributed by atoms with Crippen LogP contribution < -0.4 is 0 Å². The summed E-state index contributed by atoms with van der Waals surface area (Å²) in [7, 11) is -3.30. The molecule has 0 unspecified atom stereocenters. The van der Waals surface area contributed by atoms with E-state index >= 15 is 0 Å². The van der Waals surface area contributed by atoms with Crippen molar-refractivity contribution in [3.63, 3.8) is 0 Å². The van der Waals surface area contributed by atoms with Crippen LogP contribution in [0.3, 0.4) is 0 Å². The molecule has 1 aliphatic heterocycles. The standard InChI is InChI=1S/C11H20O7Si/c1-4-14-19(15-5-2,16-6-3)18-9-7-10(12)17-11(13)8-9/h9H,4-8H2,1-3H3. The van der Waals surface area contributed by atoms with E-state index < -0.39 is 27.1 Å². The van der Waals surface area contributed by atoms with Crippen molar-refractivity contribution in [2.45, 2.75) is 39.7 Å². The minimum atomic E-state index is -3.30. The molecule has 110 valence electrons. The highest BCUT2D eigenvalue weighted by Gasteiger charge is 2.48. The first-order valence-corrected chi connectivity index (χ1v) is 8.01. The van der Waals surface area contributed by atoms with Crippen LogP contribution in [-0.4, -0.2) is 46.9 Å². The first kappa shape index (κ1) is 16.3. The highest BCUT2D eigenvalue weighted by molar-refractivity contribution is 6.53. The average Bonchev–Trinajstić information content (AvgIpc) is 2.28. The monoisotopic (exact) mass is 292 g/mol. The van der Waals surface area contributed by atoms with Crippen molar-refractivity contribution in [3.05, 3.63) is 0 Å². The molecule has 0 aromatic heterocycles. The Hall–Kier alpha value is -0.803. The van der Waals surface area contributed by atoms with Gasteiger partial charge < -0.3 is 22.4 Å². The van der Waals surface area contributed by atoms with Crippen molar-refractivity contribution in [3.8, 4) is 0 Å². The summed E-state index contributed by atoms with van der Waals surface area (Å²) in [6.45, 7) is 6.46. The molecule has 0 aromatic rings. The fraction of sp³-hybridized carbons (Fsp3) is 0.818. The van der Waals surface area contributed by atoms with E-state index in [9.17, 15) is 9.59 Å². The van der Waals surface area contributed by atoms with Gasteiger partial charge in [-0.05, 0) is 20.8 Å². The van der Waals surface area contributed by atoms with Gasteiger partial charge in [0.05, 0.1) is 18.9 Å². The highest BCUT2D eigenvalue weighted by atomic mass is 28.4. The Bertz CT molecular complexity index is 287. The van der Waals surface area contributed by atoms with Gasteiger partial charge in [0.2, 0.25) is 0 Å². The van der Waals surface area contributed by atoms with Gasteiger partial charge in [-0.2, -0.15) is 0 Å². The third kappa shape index (κ3) is 5.00. The molecule has 0 saturated carbocycles. The lowest BCUT2D eigenvalue weighted by Gasteiger charge is -2.31. The predicted molar refractivity (Wildman–Crippen MR) is 65.8 cm³/mol. The molecule has 0 atom stereocenters. The largest absolute Gasteiger partial charge is 0.679 e. The number of rotatable bonds is 8. The second-order valence-electron chi connectivity index (χ2n) is 3.79. The molecule has 0 aliphatic carbocycles. The van der Waals surface area contributed by atoms with Crippen LogP contribution in [0.1, 0.15) is 33.6 Å². The fourth-order valence-corrected chi connectivity index (χ4v) is 3.79. The van der Waals surface area contributed by atoms with Gasteiger partial charge in [0.15, 0.2) is 0 Å². The number of hydrogen-bond donors (Lipinski definition) is 0. The Labute approximate surface area is 113 Å². The Kier molecular flexibility index (Phi) is 6.59. The van der Waals surface area contributed by atoms with Crippen LogP contribution >= 0.6 is 0 Å². The van der Waals surface area contributed by atoms with Gasteiger partial charge in [0, 0.05) is 19.8 Å². The normalized spacial score (nSPS) is 17.6. The summed E-state index contributed by atoms with van der Waals surface area (Å²) in [4.78, 5) is 22.4. The number of carbonyl (C=O) groups excluding carboxylic acids is 2. The zero-order valence-corrected chi connectivity index (χ0v) is 12.5. The van der Waals surface area contributed by atoms with E-state index in [1.165, 1.54) is 0 Å². The second-order valence-corrected chi connectivity index (χ2v) is 5.89. The highest BCUT2D eigenvalue weighted by Crippen LogP contribution is 2.21. The van der Waals surface area contributed by atoms with Gasteiger partial charge in [0.1, 0.15) is 0 Å². The van der Waals surface area contributed by atoms with Gasteiger partial charge in [-0.1, -0.05) is 0 Å². The molecule has 8 heteroatoms. The topological polar surface area (TPSA) is 80.3 Å². The third-order valence-corrected chi connectivity index (χ3v) is 4.84. The van der Waals surface area contributed by atoms with Crippen LogP contribution in [0.4, 0.5) is 0 Å². The molecule has 1 rings (SSSR count). The van der Waals surface area contributed by atoms with Crippen molar-refractivity contribution in [1.29, 1.82) is 0 Å². The van der Waals surface area contributed by atoms with Crippen molar-refractivity contribution in [1.82, 2.24) is 0 Å². The lowest BCUT2D eigenvalue weighted by molar-refractivity contribution is -0.169. The van der Waals surface area contributed by atoms with E-state index in [-0.39, 0.29) is 12.8 Å². The Morgan fingerprint density at radius 2 is 1.42 bits per heavy atom. The molecule has 1 fully saturated rings. The predicted octanol–water partition coefficient (Wildman–Crippen LogP) is 0.780. The van der Waals surface area contributed by atoms with Crippen molar-refractivity contribution in [2.75, 3.05) is 19.8 Å². The van der Waals surface area contributed by atoms with E-state index in [1.807, 2.05) is 0 Å². The SMILES string of the molecule is CCO[Si](OCC)(OCC)OC1CC(=O)OC(=O)C1. The molecule has 0 spiro atoms. The minimum Gasteiger partial charge on any atom is -0.393 e. The molecule has 0 radical (unpaired) electrons. The molecule has 0 N–H and O–H groups in total. The molecule has 7 nitrogen and oxygen atoms in total. The smallest absolute Gasteiger partial charge is 0.393 e. The van der Waals surface area contributed by atoms with E-state index in [1.54, 1.807) is 20.8 Å². The van der Waals surface area contributed by atoms with Gasteiger partial charge in [0.25, 0.3) is 0 Å². The van der Waals surface area contributed by atoms with Crippen molar-refractivity contribution >= 4 is 21.0 Å².